The van der Waals surface area contributed by atoms with Crippen molar-refractivity contribution in [3.05, 3.63) is 141 Å². The van der Waals surface area contributed by atoms with E-state index in [4.69, 9.17) is 9.73 Å². The third kappa shape index (κ3) is 5.46. The minimum atomic E-state index is -0.686. The Morgan fingerprint density at radius 1 is 1.00 bits per heavy atom. The van der Waals surface area contributed by atoms with E-state index in [1.807, 2.05) is 67.6 Å². The molecule has 5 aromatic rings. The summed E-state index contributed by atoms with van der Waals surface area (Å²) < 4.78 is 11.1. The van der Waals surface area contributed by atoms with Gasteiger partial charge in [-0.05, 0) is 116 Å². The number of thiazole rings is 1. The fourth-order valence-electron chi connectivity index (χ4n) is 5.65. The molecule has 44 heavy (non-hydrogen) atoms. The number of halogens is 1. The normalized spacial score (nSPS) is 14.8. The van der Waals surface area contributed by atoms with Crippen molar-refractivity contribution in [1.82, 2.24) is 9.13 Å². The highest BCUT2D eigenvalue weighted by atomic mass is 127. The van der Waals surface area contributed by atoms with Crippen LogP contribution in [0.25, 0.3) is 11.8 Å². The molecule has 0 fully saturated rings. The average Bonchev–Trinajstić information content (AvgIpc) is 3.47. The molecule has 3 aromatic carbocycles. The van der Waals surface area contributed by atoms with Gasteiger partial charge in [0.25, 0.3) is 11.5 Å². The topological polar surface area (TPSA) is 77.6 Å². The summed E-state index contributed by atoms with van der Waals surface area (Å²) in [6, 6.07) is 24.6. The van der Waals surface area contributed by atoms with Gasteiger partial charge in [-0.25, -0.2) is 4.99 Å². The number of aryl methyl sites for hydroxylation is 2. The molecule has 0 bridgehead atoms. The van der Waals surface area contributed by atoms with Crippen LogP contribution in [0, 0.1) is 24.3 Å². The predicted molar refractivity (Wildman–Crippen MR) is 185 cm³/mol. The number of benzene rings is 3. The summed E-state index contributed by atoms with van der Waals surface area (Å²) in [4.78, 5) is 33.4. The number of nitrogens with one attached hydrogen (secondary N) is 1. The van der Waals surface area contributed by atoms with E-state index in [1.165, 1.54) is 20.5 Å². The highest BCUT2D eigenvalue weighted by Crippen LogP contribution is 2.32. The van der Waals surface area contributed by atoms with Gasteiger partial charge in [-0.3, -0.25) is 14.2 Å². The van der Waals surface area contributed by atoms with Crippen LogP contribution in [0.15, 0.2) is 99.9 Å². The van der Waals surface area contributed by atoms with Crippen molar-refractivity contribution in [1.29, 1.82) is 0 Å². The quantitative estimate of drug-likeness (QED) is 0.213. The number of aromatic nitrogens is 2. The summed E-state index contributed by atoms with van der Waals surface area (Å²) in [5.41, 5.74) is 7.58. The van der Waals surface area contributed by atoms with Crippen LogP contribution in [-0.4, -0.2) is 22.2 Å². The lowest BCUT2D eigenvalue weighted by Gasteiger charge is -2.25. The van der Waals surface area contributed by atoms with E-state index >= 15 is 0 Å². The molecule has 3 heterocycles. The molecule has 1 aliphatic heterocycles. The van der Waals surface area contributed by atoms with Gasteiger partial charge in [-0.15, -0.1) is 0 Å². The Kier molecular flexibility index (Phi) is 8.17. The highest BCUT2D eigenvalue weighted by Gasteiger charge is 2.33. The number of anilines is 1. The summed E-state index contributed by atoms with van der Waals surface area (Å²) in [7, 11) is 1.60. The second-order valence-corrected chi connectivity index (χ2v) is 12.9. The van der Waals surface area contributed by atoms with E-state index in [0.717, 1.165) is 28.2 Å². The number of carbonyl (C=O) groups is 1. The first kappa shape index (κ1) is 29.8. The van der Waals surface area contributed by atoms with Crippen LogP contribution in [0.2, 0.25) is 0 Å². The first-order valence-corrected chi connectivity index (χ1v) is 16.0. The first-order chi connectivity index (χ1) is 21.2. The van der Waals surface area contributed by atoms with E-state index in [9.17, 15) is 9.59 Å². The summed E-state index contributed by atoms with van der Waals surface area (Å²) in [6.07, 6.45) is 1.94. The van der Waals surface area contributed by atoms with Crippen molar-refractivity contribution < 1.29 is 9.53 Å². The Morgan fingerprint density at radius 2 is 1.77 bits per heavy atom. The number of carbonyl (C=O) groups excluding carboxylic acids is 1. The minimum absolute atomic E-state index is 0.200. The third-order valence-corrected chi connectivity index (χ3v) is 10.0. The van der Waals surface area contributed by atoms with Gasteiger partial charge in [-0.1, -0.05) is 47.7 Å². The number of para-hydroxylation sites is 1. The van der Waals surface area contributed by atoms with Crippen molar-refractivity contribution in [2.24, 2.45) is 4.99 Å². The molecule has 0 spiro atoms. The van der Waals surface area contributed by atoms with E-state index in [-0.39, 0.29) is 11.5 Å². The van der Waals surface area contributed by atoms with Crippen LogP contribution < -0.4 is 24.9 Å². The second kappa shape index (κ2) is 12.0. The monoisotopic (exact) mass is 714 g/mol. The Morgan fingerprint density at radius 3 is 2.50 bits per heavy atom. The maximum atomic E-state index is 14.2. The maximum Gasteiger partial charge on any atom is 0.271 e. The highest BCUT2D eigenvalue weighted by molar-refractivity contribution is 14.1. The van der Waals surface area contributed by atoms with Gasteiger partial charge in [0.15, 0.2) is 4.80 Å². The summed E-state index contributed by atoms with van der Waals surface area (Å²) in [5, 5.41) is 3.00. The molecule has 0 saturated carbocycles. The van der Waals surface area contributed by atoms with Crippen LogP contribution >= 0.6 is 33.9 Å². The number of amides is 1. The molecule has 1 N–H and O–H groups in total. The summed E-state index contributed by atoms with van der Waals surface area (Å²) >= 11 is 3.69. The molecule has 1 aliphatic rings. The van der Waals surface area contributed by atoms with Gasteiger partial charge < -0.3 is 14.6 Å². The SMILES string of the molecule is COc1cccc([C@@H]2C(C(=O)Nc3ccccc3)=C(C)N=c3s/c(=C\c4cc(C)n(-c5ccc(C)c(I)c5)c4C)c(=O)n32)c1. The number of nitrogens with zero attached hydrogens (tertiary/aromatic N) is 3. The van der Waals surface area contributed by atoms with Crippen molar-refractivity contribution in [2.45, 2.75) is 33.7 Å². The zero-order valence-corrected chi connectivity index (χ0v) is 28.0. The molecule has 1 atom stereocenters. The van der Waals surface area contributed by atoms with Gasteiger partial charge in [0.1, 0.15) is 5.75 Å². The Labute approximate surface area is 273 Å². The molecule has 0 radical (unpaired) electrons. The van der Waals surface area contributed by atoms with Crippen molar-refractivity contribution in [2.75, 3.05) is 12.4 Å². The fraction of sp³-hybridized carbons (Fsp3) is 0.171. The largest absolute Gasteiger partial charge is 0.497 e. The van der Waals surface area contributed by atoms with Gasteiger partial charge in [0.05, 0.1) is 29.0 Å². The van der Waals surface area contributed by atoms with Crippen LogP contribution in [0.5, 0.6) is 5.75 Å². The van der Waals surface area contributed by atoms with Crippen molar-refractivity contribution in [3.8, 4) is 11.4 Å². The van der Waals surface area contributed by atoms with Crippen molar-refractivity contribution in [3.63, 3.8) is 0 Å². The summed E-state index contributed by atoms with van der Waals surface area (Å²) in [6.45, 7) is 8.06. The van der Waals surface area contributed by atoms with Crippen LogP contribution in [0.1, 0.15) is 41.0 Å². The minimum Gasteiger partial charge on any atom is -0.497 e. The van der Waals surface area contributed by atoms with Gasteiger partial charge >= 0.3 is 0 Å². The third-order valence-electron chi connectivity index (χ3n) is 7.88. The Balaban J connectivity index is 1.50. The number of hydrogen-bond acceptors (Lipinski definition) is 5. The van der Waals surface area contributed by atoms with Gasteiger partial charge in [-0.2, -0.15) is 0 Å². The zero-order valence-electron chi connectivity index (χ0n) is 25.0. The molecule has 9 heteroatoms. The van der Waals surface area contributed by atoms with Gasteiger partial charge in [0.2, 0.25) is 0 Å². The van der Waals surface area contributed by atoms with Crippen molar-refractivity contribution >= 4 is 51.6 Å². The van der Waals surface area contributed by atoms with Crippen LogP contribution in [0.4, 0.5) is 5.69 Å². The lowest BCUT2D eigenvalue weighted by atomic mass is 9.95. The Hall–Kier alpha value is -4.22. The molecule has 0 aliphatic carbocycles. The molecule has 1 amide bonds. The molecule has 2 aromatic heterocycles. The van der Waals surface area contributed by atoms with Gasteiger partial charge in [0, 0.05) is 26.3 Å². The number of rotatable bonds is 6. The van der Waals surface area contributed by atoms with E-state index in [2.05, 4.69) is 77.5 Å². The molecule has 0 unspecified atom stereocenters. The van der Waals surface area contributed by atoms with Crippen LogP contribution in [0.3, 0.4) is 0 Å². The maximum absolute atomic E-state index is 14.2. The fourth-order valence-corrected chi connectivity index (χ4v) is 7.19. The first-order valence-electron chi connectivity index (χ1n) is 14.1. The zero-order chi connectivity index (χ0) is 31.1. The number of methoxy groups -OCH3 is 1. The number of ether oxygens (including phenoxy) is 1. The van der Waals surface area contributed by atoms with E-state index < -0.39 is 6.04 Å². The number of fused-ring (bicyclic) bond motifs is 1. The second-order valence-electron chi connectivity index (χ2n) is 10.8. The molecule has 7 nitrogen and oxygen atoms in total. The summed E-state index contributed by atoms with van der Waals surface area (Å²) in [5.74, 6) is 0.330. The molecule has 0 saturated heterocycles. The predicted octanol–water partition coefficient (Wildman–Crippen LogP) is 6.20. The Bertz CT molecular complexity index is 2140. The standard InChI is InChI=1S/C35H31IN4O3S/c1-20-14-15-27(19-29(20)36)39-21(2)16-25(23(39)4)18-30-34(42)40-32(24-10-9-13-28(17-24)43-5)31(22(3)37-35(40)44-30)33(41)38-26-11-7-6-8-12-26/h6-19,32H,1-5H3,(H,38,41)/b30-18-/t32-/m1/s1. The van der Waals surface area contributed by atoms with Crippen LogP contribution in [-0.2, 0) is 4.79 Å². The number of allylic oxidation sites excluding steroid dienone is 1. The van der Waals surface area contributed by atoms with E-state index in [1.54, 1.807) is 11.7 Å². The molecular weight excluding hydrogens is 683 g/mol. The molecular formula is C35H31IN4O3S. The smallest absolute Gasteiger partial charge is 0.271 e. The lowest BCUT2D eigenvalue weighted by molar-refractivity contribution is -0.113. The number of hydrogen-bond donors (Lipinski definition) is 1. The molecule has 6 rings (SSSR count). The van der Waals surface area contributed by atoms with E-state index in [0.29, 0.717) is 32.0 Å². The molecule has 222 valence electrons. The average molecular weight is 715 g/mol. The lowest BCUT2D eigenvalue weighted by Crippen LogP contribution is -2.40.